The van der Waals surface area contributed by atoms with Crippen LogP contribution in [0.5, 0.6) is 0 Å². The van der Waals surface area contributed by atoms with E-state index >= 15 is 0 Å². The summed E-state index contributed by atoms with van der Waals surface area (Å²) in [4.78, 5) is 13.3. The number of halogens is 2. The summed E-state index contributed by atoms with van der Waals surface area (Å²) in [7, 11) is -3.67. The minimum Gasteiger partial charge on any atom is -0.352 e. The highest BCUT2D eigenvalue weighted by Gasteiger charge is 2.22. The van der Waals surface area contributed by atoms with E-state index in [0.717, 1.165) is 36.6 Å². The number of anilines is 1. The van der Waals surface area contributed by atoms with Gasteiger partial charge in [0, 0.05) is 57.2 Å². The molecule has 4 rings (SSSR count). The van der Waals surface area contributed by atoms with Gasteiger partial charge < -0.3 is 4.90 Å². The molecule has 1 aliphatic heterocycles. The molecule has 0 atom stereocenters. The average molecular weight is 460 g/mol. The van der Waals surface area contributed by atoms with Gasteiger partial charge in [0.15, 0.2) is 5.82 Å². The summed E-state index contributed by atoms with van der Waals surface area (Å²) in [5.41, 5.74) is 1.50. The normalized spacial score (nSPS) is 15.1. The summed E-state index contributed by atoms with van der Waals surface area (Å²) < 4.78 is 53.5. The fourth-order valence-electron chi connectivity index (χ4n) is 3.59. The third-order valence-electron chi connectivity index (χ3n) is 5.31. The Labute approximate surface area is 185 Å². The molecule has 0 bridgehead atoms. The van der Waals surface area contributed by atoms with Gasteiger partial charge in [-0.2, -0.15) is 0 Å². The molecule has 1 saturated heterocycles. The predicted octanol–water partition coefficient (Wildman–Crippen LogP) is 2.52. The zero-order chi connectivity index (χ0) is 22.6. The predicted molar refractivity (Wildman–Crippen MR) is 118 cm³/mol. The van der Waals surface area contributed by atoms with Crippen molar-refractivity contribution in [2.24, 2.45) is 0 Å². The van der Waals surface area contributed by atoms with Gasteiger partial charge in [0.25, 0.3) is 0 Å². The maximum Gasteiger partial charge on any atom is 0.240 e. The van der Waals surface area contributed by atoms with Crippen LogP contribution >= 0.6 is 0 Å². The molecule has 0 radical (unpaired) electrons. The molecule has 0 aliphatic carbocycles. The molecule has 0 spiro atoms. The van der Waals surface area contributed by atoms with Crippen molar-refractivity contribution in [1.82, 2.24) is 19.6 Å². The van der Waals surface area contributed by atoms with Crippen LogP contribution in [-0.4, -0.2) is 62.6 Å². The van der Waals surface area contributed by atoms with Crippen LogP contribution in [0.3, 0.4) is 0 Å². The van der Waals surface area contributed by atoms with Crippen molar-refractivity contribution < 1.29 is 17.2 Å². The second-order valence-electron chi connectivity index (χ2n) is 7.42. The molecule has 10 heteroatoms. The smallest absolute Gasteiger partial charge is 0.240 e. The van der Waals surface area contributed by atoms with E-state index < -0.39 is 15.8 Å². The highest BCUT2D eigenvalue weighted by Crippen LogP contribution is 2.27. The lowest BCUT2D eigenvalue weighted by molar-refractivity contribution is 0.261. The van der Waals surface area contributed by atoms with Crippen LogP contribution in [-0.2, 0) is 10.0 Å². The summed E-state index contributed by atoms with van der Waals surface area (Å²) >= 11 is 0. The maximum absolute atomic E-state index is 13.3. The third-order valence-corrected chi connectivity index (χ3v) is 6.79. The molecule has 0 amide bonds. The SMILES string of the molecule is O=S(=O)(NCCN1CCN(c2nccnc2-c2ccc(F)cc2)CC1)c1ccc(F)cc1. The van der Waals surface area contributed by atoms with Crippen LogP contribution in [0.2, 0.25) is 0 Å². The number of piperazine rings is 1. The van der Waals surface area contributed by atoms with Crippen molar-refractivity contribution in [3.63, 3.8) is 0 Å². The second kappa shape index (κ2) is 9.68. The number of nitrogens with one attached hydrogen (secondary N) is 1. The van der Waals surface area contributed by atoms with Gasteiger partial charge in [0.1, 0.15) is 17.3 Å². The maximum atomic E-state index is 13.3. The number of nitrogens with zero attached hydrogens (tertiary/aromatic N) is 4. The molecule has 1 aliphatic rings. The van der Waals surface area contributed by atoms with Crippen molar-refractivity contribution in [2.45, 2.75) is 4.90 Å². The monoisotopic (exact) mass is 459 g/mol. The molecule has 2 aromatic carbocycles. The minimum absolute atomic E-state index is 0.0414. The Bertz CT molecular complexity index is 1150. The zero-order valence-electron chi connectivity index (χ0n) is 17.3. The molecular formula is C22H23F2N5O2S. The number of hydrogen-bond acceptors (Lipinski definition) is 6. The van der Waals surface area contributed by atoms with Gasteiger partial charge in [-0.15, -0.1) is 0 Å². The van der Waals surface area contributed by atoms with E-state index in [0.29, 0.717) is 25.3 Å². The summed E-state index contributed by atoms with van der Waals surface area (Å²) in [6, 6.07) is 10.9. The Morgan fingerprint density at radius 2 is 1.44 bits per heavy atom. The lowest BCUT2D eigenvalue weighted by atomic mass is 10.1. The van der Waals surface area contributed by atoms with Crippen LogP contribution in [0, 0.1) is 11.6 Å². The van der Waals surface area contributed by atoms with Crippen molar-refractivity contribution in [3.8, 4) is 11.3 Å². The molecule has 1 aromatic heterocycles. The highest BCUT2D eigenvalue weighted by atomic mass is 32.2. The standard InChI is InChI=1S/C22H23F2N5O2S/c23-18-3-1-17(2-4-18)21-22(26-10-9-25-21)29-15-13-28(14-16-29)12-11-27-32(30,31)20-7-5-19(24)6-8-20/h1-10,27H,11-16H2. The Kier molecular flexibility index (Phi) is 6.73. The molecule has 1 fully saturated rings. The van der Waals surface area contributed by atoms with Crippen LogP contribution < -0.4 is 9.62 Å². The van der Waals surface area contributed by atoms with E-state index in [1.165, 1.54) is 24.3 Å². The summed E-state index contributed by atoms with van der Waals surface area (Å²) in [6.07, 6.45) is 3.25. The average Bonchev–Trinajstić information content (AvgIpc) is 2.80. The molecule has 32 heavy (non-hydrogen) atoms. The molecule has 7 nitrogen and oxygen atoms in total. The van der Waals surface area contributed by atoms with E-state index in [4.69, 9.17) is 0 Å². The number of aromatic nitrogens is 2. The van der Waals surface area contributed by atoms with Gasteiger partial charge in [-0.05, 0) is 48.5 Å². The molecular weight excluding hydrogens is 436 g/mol. The van der Waals surface area contributed by atoms with E-state index in [9.17, 15) is 17.2 Å². The van der Waals surface area contributed by atoms with Gasteiger partial charge in [-0.25, -0.2) is 26.9 Å². The van der Waals surface area contributed by atoms with Crippen molar-refractivity contribution in [3.05, 3.63) is 72.6 Å². The van der Waals surface area contributed by atoms with E-state index in [-0.39, 0.29) is 17.3 Å². The Morgan fingerprint density at radius 1 is 0.844 bits per heavy atom. The van der Waals surface area contributed by atoms with Crippen molar-refractivity contribution >= 4 is 15.8 Å². The minimum atomic E-state index is -3.67. The molecule has 168 valence electrons. The van der Waals surface area contributed by atoms with Crippen LogP contribution in [0.1, 0.15) is 0 Å². The van der Waals surface area contributed by atoms with Crippen molar-refractivity contribution in [2.75, 3.05) is 44.2 Å². The highest BCUT2D eigenvalue weighted by molar-refractivity contribution is 7.89. The van der Waals surface area contributed by atoms with E-state index in [2.05, 4.69) is 24.5 Å². The Morgan fingerprint density at radius 3 is 2.09 bits per heavy atom. The lowest BCUT2D eigenvalue weighted by Gasteiger charge is -2.35. The topological polar surface area (TPSA) is 78.4 Å². The van der Waals surface area contributed by atoms with Gasteiger partial charge in [-0.3, -0.25) is 9.88 Å². The zero-order valence-corrected chi connectivity index (χ0v) is 18.1. The number of rotatable bonds is 7. The van der Waals surface area contributed by atoms with Gasteiger partial charge in [0.2, 0.25) is 10.0 Å². The first-order chi connectivity index (χ1) is 15.4. The van der Waals surface area contributed by atoms with Crippen LogP contribution in [0.4, 0.5) is 14.6 Å². The fraction of sp³-hybridized carbons (Fsp3) is 0.273. The number of sulfonamides is 1. The first-order valence-corrected chi connectivity index (χ1v) is 11.7. The number of hydrogen-bond donors (Lipinski definition) is 1. The summed E-state index contributed by atoms with van der Waals surface area (Å²) in [5.74, 6) is -0.0360. The fourth-order valence-corrected chi connectivity index (χ4v) is 4.61. The Balaban J connectivity index is 1.32. The first kappa shape index (κ1) is 22.3. The quantitative estimate of drug-likeness (QED) is 0.585. The lowest BCUT2D eigenvalue weighted by Crippen LogP contribution is -2.48. The Hall–Kier alpha value is -2.95. The van der Waals surface area contributed by atoms with Crippen LogP contribution in [0.25, 0.3) is 11.3 Å². The van der Waals surface area contributed by atoms with E-state index in [1.54, 1.807) is 24.5 Å². The number of benzene rings is 2. The summed E-state index contributed by atoms with van der Waals surface area (Å²) in [5, 5.41) is 0. The van der Waals surface area contributed by atoms with Gasteiger partial charge in [0.05, 0.1) is 4.90 Å². The molecule has 1 N–H and O–H groups in total. The van der Waals surface area contributed by atoms with Gasteiger partial charge >= 0.3 is 0 Å². The largest absolute Gasteiger partial charge is 0.352 e. The third kappa shape index (κ3) is 5.26. The second-order valence-corrected chi connectivity index (χ2v) is 9.18. The van der Waals surface area contributed by atoms with Crippen LogP contribution in [0.15, 0.2) is 65.8 Å². The summed E-state index contributed by atoms with van der Waals surface area (Å²) in [6.45, 7) is 3.69. The molecule has 0 unspecified atom stereocenters. The van der Waals surface area contributed by atoms with Crippen molar-refractivity contribution in [1.29, 1.82) is 0 Å². The molecule has 3 aromatic rings. The first-order valence-electron chi connectivity index (χ1n) is 10.2. The molecule has 0 saturated carbocycles. The molecule has 2 heterocycles. The van der Waals surface area contributed by atoms with Gasteiger partial charge in [-0.1, -0.05) is 0 Å². The van der Waals surface area contributed by atoms with E-state index in [1.807, 2.05) is 0 Å².